The third kappa shape index (κ3) is 15.8. The van der Waals surface area contributed by atoms with Crippen molar-refractivity contribution in [3.05, 3.63) is 59.7 Å². The molecule has 14 nitrogen and oxygen atoms in total. The normalized spacial score (nSPS) is 12.7. The van der Waals surface area contributed by atoms with Crippen molar-refractivity contribution in [3.63, 3.8) is 0 Å². The summed E-state index contributed by atoms with van der Waals surface area (Å²) in [5.74, 6) is -2.35. The van der Waals surface area contributed by atoms with Crippen LogP contribution < -0.4 is 16.0 Å². The number of carbonyl (C=O) groups is 5. The molecule has 0 aliphatic heterocycles. The third-order valence-electron chi connectivity index (χ3n) is 7.87. The zero-order valence-electron chi connectivity index (χ0n) is 30.4. The first-order valence-corrected chi connectivity index (χ1v) is 17.8. The van der Waals surface area contributed by atoms with Gasteiger partial charge in [-0.25, -0.2) is 9.59 Å². The topological polar surface area (TPSA) is 188 Å². The van der Waals surface area contributed by atoms with Gasteiger partial charge in [-0.1, -0.05) is 48.5 Å². The van der Waals surface area contributed by atoms with Crippen LogP contribution in [0.5, 0.6) is 0 Å². The van der Waals surface area contributed by atoms with E-state index in [9.17, 15) is 24.0 Å². The smallest absolute Gasteiger partial charge is 0.407 e. The highest BCUT2D eigenvalue weighted by Gasteiger charge is 2.31. The number of carboxylic acid groups (broad SMARTS) is 1. The molecule has 0 saturated carbocycles. The zero-order valence-corrected chi connectivity index (χ0v) is 30.4. The lowest BCUT2D eigenvalue weighted by Crippen LogP contribution is -2.45. The molecule has 0 saturated heterocycles. The standard InChI is InChI=1S/C38H53N3O11/c1-38(2,3)52-36(46)32(41-37(47)51-26-31-29-12-6-4-10-27(29)28-11-5-7-13-30(28)31)14-15-33(42)39-18-8-20-48-22-24-50-25-23-49-21-9-19-40-34(43)16-17-35(44)45/h4-7,10-13,31-32H,8-9,14-26H2,1-3H3,(H,39,42)(H,40,43)(H,41,47)(H,44,45). The van der Waals surface area contributed by atoms with Crippen LogP contribution in [0.3, 0.4) is 0 Å². The summed E-state index contributed by atoms with van der Waals surface area (Å²) in [7, 11) is 0. The van der Waals surface area contributed by atoms with Gasteiger partial charge in [-0.05, 0) is 62.3 Å². The number of carboxylic acids is 1. The van der Waals surface area contributed by atoms with Crippen molar-refractivity contribution in [2.45, 2.75) is 76.9 Å². The molecule has 1 aliphatic carbocycles. The van der Waals surface area contributed by atoms with Crippen molar-refractivity contribution in [1.29, 1.82) is 0 Å². The van der Waals surface area contributed by atoms with E-state index in [1.807, 2.05) is 36.4 Å². The van der Waals surface area contributed by atoms with Crippen LogP contribution in [0, 0.1) is 0 Å². The van der Waals surface area contributed by atoms with E-state index in [-0.39, 0.29) is 50.0 Å². The minimum absolute atomic E-state index is 0.00817. The summed E-state index contributed by atoms with van der Waals surface area (Å²) in [5.41, 5.74) is 3.58. The summed E-state index contributed by atoms with van der Waals surface area (Å²) in [6.45, 7) is 8.51. The Morgan fingerprint density at radius 1 is 0.712 bits per heavy atom. The molecule has 3 rings (SSSR count). The van der Waals surface area contributed by atoms with E-state index in [1.54, 1.807) is 20.8 Å². The SMILES string of the molecule is CC(C)(C)OC(=O)C(CCC(=O)NCCCOCCOCCOCCCNC(=O)CCC(=O)O)NC(=O)OCC1c2ccccc2-c2ccccc21. The second-order valence-corrected chi connectivity index (χ2v) is 13.2. The van der Waals surface area contributed by atoms with Gasteiger partial charge in [-0.2, -0.15) is 0 Å². The molecule has 1 unspecified atom stereocenters. The maximum absolute atomic E-state index is 13.0. The van der Waals surface area contributed by atoms with Crippen molar-refractivity contribution in [2.75, 3.05) is 59.3 Å². The summed E-state index contributed by atoms with van der Waals surface area (Å²) in [4.78, 5) is 60.3. The van der Waals surface area contributed by atoms with E-state index in [0.717, 1.165) is 22.3 Å². The molecule has 0 radical (unpaired) electrons. The van der Waals surface area contributed by atoms with E-state index >= 15 is 0 Å². The van der Waals surface area contributed by atoms with Gasteiger partial charge in [-0.15, -0.1) is 0 Å². The van der Waals surface area contributed by atoms with E-state index in [4.69, 9.17) is 28.8 Å². The largest absolute Gasteiger partial charge is 0.481 e. The van der Waals surface area contributed by atoms with Gasteiger partial charge in [0, 0.05) is 45.1 Å². The number of alkyl carbamates (subject to hydrolysis) is 1. The summed E-state index contributed by atoms with van der Waals surface area (Å²) < 4.78 is 27.6. The van der Waals surface area contributed by atoms with Gasteiger partial charge in [-0.3, -0.25) is 14.4 Å². The van der Waals surface area contributed by atoms with Gasteiger partial charge >= 0.3 is 18.0 Å². The average molecular weight is 728 g/mol. The van der Waals surface area contributed by atoms with Gasteiger partial charge in [0.25, 0.3) is 0 Å². The van der Waals surface area contributed by atoms with Gasteiger partial charge in [0.05, 0.1) is 32.8 Å². The molecule has 4 N–H and O–H groups in total. The molecule has 0 aromatic heterocycles. The molecule has 0 spiro atoms. The fourth-order valence-electron chi connectivity index (χ4n) is 5.42. The minimum atomic E-state index is -1.07. The Hall–Kier alpha value is -4.53. The van der Waals surface area contributed by atoms with Crippen LogP contribution in [0.15, 0.2) is 48.5 Å². The number of benzene rings is 2. The number of fused-ring (bicyclic) bond motifs is 3. The minimum Gasteiger partial charge on any atom is -0.481 e. The first-order chi connectivity index (χ1) is 24.9. The highest BCUT2D eigenvalue weighted by Crippen LogP contribution is 2.44. The summed E-state index contributed by atoms with van der Waals surface area (Å²) in [5, 5.41) is 16.6. The van der Waals surface area contributed by atoms with E-state index < -0.39 is 29.7 Å². The quantitative estimate of drug-likeness (QED) is 0.0906. The highest BCUT2D eigenvalue weighted by molar-refractivity contribution is 5.84. The average Bonchev–Trinajstić information content (AvgIpc) is 3.42. The fraction of sp³-hybridized carbons (Fsp3) is 0.553. The molecule has 286 valence electrons. The van der Waals surface area contributed by atoms with Gasteiger partial charge in [0.2, 0.25) is 11.8 Å². The third-order valence-corrected chi connectivity index (χ3v) is 7.87. The molecular formula is C38H53N3O11. The number of nitrogens with one attached hydrogen (secondary N) is 3. The monoisotopic (exact) mass is 727 g/mol. The fourth-order valence-corrected chi connectivity index (χ4v) is 5.42. The second-order valence-electron chi connectivity index (χ2n) is 13.2. The number of ether oxygens (including phenoxy) is 5. The molecule has 14 heteroatoms. The van der Waals surface area contributed by atoms with Crippen LogP contribution in [0.4, 0.5) is 4.79 Å². The van der Waals surface area contributed by atoms with Crippen LogP contribution in [-0.4, -0.2) is 106 Å². The zero-order chi connectivity index (χ0) is 37.8. The predicted molar refractivity (Wildman–Crippen MR) is 192 cm³/mol. The van der Waals surface area contributed by atoms with E-state index in [0.29, 0.717) is 65.6 Å². The number of carbonyl (C=O) groups excluding carboxylic acids is 4. The number of amides is 3. The lowest BCUT2D eigenvalue weighted by molar-refractivity contribution is -0.157. The molecule has 2 aromatic carbocycles. The van der Waals surface area contributed by atoms with E-state index in [1.165, 1.54) is 0 Å². The number of aliphatic carboxylic acids is 1. The molecule has 2 aromatic rings. The summed E-state index contributed by atoms with van der Waals surface area (Å²) >= 11 is 0. The number of hydrogen-bond acceptors (Lipinski definition) is 10. The Kier molecular flexibility index (Phi) is 18.1. The molecular weight excluding hydrogens is 674 g/mol. The van der Waals surface area contributed by atoms with Crippen LogP contribution >= 0.6 is 0 Å². The molecule has 52 heavy (non-hydrogen) atoms. The predicted octanol–water partition coefficient (Wildman–Crippen LogP) is 3.94. The number of hydrogen-bond donors (Lipinski definition) is 4. The van der Waals surface area contributed by atoms with Crippen molar-refractivity contribution in [3.8, 4) is 11.1 Å². The molecule has 0 fully saturated rings. The molecule has 1 atom stereocenters. The van der Waals surface area contributed by atoms with Crippen molar-refractivity contribution < 1.29 is 52.8 Å². The Morgan fingerprint density at radius 2 is 1.21 bits per heavy atom. The van der Waals surface area contributed by atoms with Crippen LogP contribution in [0.2, 0.25) is 0 Å². The first kappa shape index (κ1) is 41.9. The lowest BCUT2D eigenvalue weighted by Gasteiger charge is -2.24. The van der Waals surface area contributed by atoms with Crippen molar-refractivity contribution in [2.24, 2.45) is 0 Å². The maximum atomic E-state index is 13.0. The maximum Gasteiger partial charge on any atom is 0.407 e. The van der Waals surface area contributed by atoms with E-state index in [2.05, 4.69) is 28.1 Å². The Morgan fingerprint density at radius 3 is 1.73 bits per heavy atom. The molecule has 1 aliphatic rings. The Labute approximate surface area is 305 Å². The highest BCUT2D eigenvalue weighted by atomic mass is 16.6. The first-order valence-electron chi connectivity index (χ1n) is 17.8. The Bertz CT molecular complexity index is 1410. The summed E-state index contributed by atoms with van der Waals surface area (Å²) in [6.07, 6.45) is 0.232. The van der Waals surface area contributed by atoms with Crippen molar-refractivity contribution in [1.82, 2.24) is 16.0 Å². The van der Waals surface area contributed by atoms with Gasteiger partial charge < -0.3 is 44.7 Å². The molecule has 0 bridgehead atoms. The van der Waals surface area contributed by atoms with Gasteiger partial charge in [0.1, 0.15) is 18.2 Å². The number of esters is 1. The van der Waals surface area contributed by atoms with Crippen LogP contribution in [-0.2, 0) is 42.9 Å². The molecule has 3 amide bonds. The summed E-state index contributed by atoms with van der Waals surface area (Å²) in [6, 6.07) is 14.9. The number of rotatable bonds is 24. The van der Waals surface area contributed by atoms with Gasteiger partial charge in [0.15, 0.2) is 0 Å². The second kappa shape index (κ2) is 22.4. The molecule has 0 heterocycles. The van der Waals surface area contributed by atoms with Crippen molar-refractivity contribution >= 4 is 29.8 Å². The Balaban J connectivity index is 1.26. The lowest BCUT2D eigenvalue weighted by atomic mass is 9.98. The van der Waals surface area contributed by atoms with Crippen LogP contribution in [0.1, 0.15) is 76.3 Å². The van der Waals surface area contributed by atoms with Crippen LogP contribution in [0.25, 0.3) is 11.1 Å².